The Hall–Kier alpha value is -2.34. The lowest BCUT2D eigenvalue weighted by atomic mass is 10.2. The number of amides is 2. The van der Waals surface area contributed by atoms with Crippen LogP contribution in [0.2, 0.25) is 0 Å². The number of ether oxygens (including phenoxy) is 1. The van der Waals surface area contributed by atoms with E-state index in [-0.39, 0.29) is 5.91 Å². The van der Waals surface area contributed by atoms with E-state index in [1.165, 1.54) is 24.0 Å². The van der Waals surface area contributed by atoms with Crippen LogP contribution in [-0.4, -0.2) is 19.1 Å². The molecule has 1 aromatic heterocycles. The lowest BCUT2D eigenvalue weighted by Crippen LogP contribution is -2.13. The first-order chi connectivity index (χ1) is 10.7. The molecule has 114 valence electrons. The van der Waals surface area contributed by atoms with Crippen molar-refractivity contribution in [2.24, 2.45) is 0 Å². The number of carbonyl (C=O) groups excluding carboxylic acids is 2. The topological polar surface area (TPSA) is 67.4 Å². The zero-order valence-electron chi connectivity index (χ0n) is 12.1. The first kappa shape index (κ1) is 14.6. The van der Waals surface area contributed by atoms with Gasteiger partial charge in [0.15, 0.2) is 0 Å². The van der Waals surface area contributed by atoms with Crippen LogP contribution in [0.5, 0.6) is 0 Å². The Labute approximate surface area is 132 Å². The Kier molecular flexibility index (Phi) is 4.11. The first-order valence-corrected chi connectivity index (χ1v) is 7.85. The van der Waals surface area contributed by atoms with Crippen molar-refractivity contribution >= 4 is 34.7 Å². The lowest BCUT2D eigenvalue weighted by Gasteiger charge is -2.07. The molecule has 3 rings (SSSR count). The number of anilines is 2. The fraction of sp³-hybridized carbons (Fsp3) is 0.250. The highest BCUT2D eigenvalue weighted by molar-refractivity contribution is 7.14. The molecule has 0 aliphatic heterocycles. The molecular formula is C16H16N2O3S. The van der Waals surface area contributed by atoms with Gasteiger partial charge in [-0.05, 0) is 49.1 Å². The van der Waals surface area contributed by atoms with Crippen LogP contribution in [0.4, 0.5) is 16.2 Å². The second-order valence-electron chi connectivity index (χ2n) is 5.06. The van der Waals surface area contributed by atoms with Crippen molar-refractivity contribution in [1.29, 1.82) is 0 Å². The normalized spacial score (nSPS) is 12.6. The molecule has 22 heavy (non-hydrogen) atoms. The summed E-state index contributed by atoms with van der Waals surface area (Å²) in [6, 6.07) is 8.94. The van der Waals surface area contributed by atoms with Gasteiger partial charge in [-0.2, -0.15) is 0 Å². The smallest absolute Gasteiger partial charge is 0.411 e. The number of fused-ring (bicyclic) bond motifs is 1. The van der Waals surface area contributed by atoms with Crippen LogP contribution < -0.4 is 10.6 Å². The summed E-state index contributed by atoms with van der Waals surface area (Å²) in [4.78, 5) is 25.6. The van der Waals surface area contributed by atoms with Gasteiger partial charge in [-0.25, -0.2) is 4.79 Å². The monoisotopic (exact) mass is 316 g/mol. The van der Waals surface area contributed by atoms with Gasteiger partial charge in [-0.1, -0.05) is 6.07 Å². The van der Waals surface area contributed by atoms with Crippen LogP contribution in [0.15, 0.2) is 30.3 Å². The van der Waals surface area contributed by atoms with E-state index in [1.807, 2.05) is 6.07 Å². The van der Waals surface area contributed by atoms with Crippen molar-refractivity contribution in [3.05, 3.63) is 45.6 Å². The Morgan fingerprint density at radius 1 is 1.14 bits per heavy atom. The van der Waals surface area contributed by atoms with E-state index in [0.717, 1.165) is 17.7 Å². The maximum Gasteiger partial charge on any atom is 0.411 e. The van der Waals surface area contributed by atoms with Crippen LogP contribution in [0.3, 0.4) is 0 Å². The summed E-state index contributed by atoms with van der Waals surface area (Å²) in [7, 11) is 1.30. The fourth-order valence-corrected chi connectivity index (χ4v) is 3.63. The van der Waals surface area contributed by atoms with E-state index in [1.54, 1.807) is 35.6 Å². The average molecular weight is 316 g/mol. The molecule has 2 N–H and O–H groups in total. The van der Waals surface area contributed by atoms with Gasteiger partial charge in [0.2, 0.25) is 0 Å². The largest absolute Gasteiger partial charge is 0.453 e. The van der Waals surface area contributed by atoms with Crippen LogP contribution >= 0.6 is 11.3 Å². The van der Waals surface area contributed by atoms with Crippen LogP contribution in [-0.2, 0) is 17.6 Å². The van der Waals surface area contributed by atoms with E-state index in [0.29, 0.717) is 11.4 Å². The van der Waals surface area contributed by atoms with E-state index < -0.39 is 6.09 Å². The second kappa shape index (κ2) is 6.19. The minimum Gasteiger partial charge on any atom is -0.453 e. The number of hydrogen-bond donors (Lipinski definition) is 2. The van der Waals surface area contributed by atoms with Gasteiger partial charge < -0.3 is 10.1 Å². The Balaban J connectivity index is 1.70. The van der Waals surface area contributed by atoms with Crippen molar-refractivity contribution < 1.29 is 14.3 Å². The van der Waals surface area contributed by atoms with Gasteiger partial charge in [0.25, 0.3) is 5.91 Å². The molecule has 2 aromatic rings. The van der Waals surface area contributed by atoms with Crippen molar-refractivity contribution in [3.63, 3.8) is 0 Å². The molecule has 1 aliphatic rings. The van der Waals surface area contributed by atoms with Gasteiger partial charge in [0, 0.05) is 16.3 Å². The predicted molar refractivity (Wildman–Crippen MR) is 86.8 cm³/mol. The third kappa shape index (κ3) is 3.12. The zero-order valence-corrected chi connectivity index (χ0v) is 13.0. The third-order valence-corrected chi connectivity index (χ3v) is 4.76. The first-order valence-electron chi connectivity index (χ1n) is 7.03. The minimum atomic E-state index is -0.543. The number of aryl methyl sites for hydroxylation is 2. The minimum absolute atomic E-state index is 0.116. The van der Waals surface area contributed by atoms with E-state index in [9.17, 15) is 9.59 Å². The van der Waals surface area contributed by atoms with E-state index in [2.05, 4.69) is 15.4 Å². The molecule has 0 saturated heterocycles. The number of nitrogens with one attached hydrogen (secondary N) is 2. The zero-order chi connectivity index (χ0) is 15.5. The maximum atomic E-state index is 12.3. The van der Waals surface area contributed by atoms with Crippen molar-refractivity contribution in [3.8, 4) is 0 Å². The van der Waals surface area contributed by atoms with Crippen molar-refractivity contribution in [2.75, 3.05) is 17.7 Å². The Bertz CT molecular complexity index is 702. The number of rotatable bonds is 3. The van der Waals surface area contributed by atoms with Crippen LogP contribution in [0.25, 0.3) is 0 Å². The van der Waals surface area contributed by atoms with Crippen molar-refractivity contribution in [1.82, 2.24) is 0 Å². The molecule has 2 amide bonds. The molecule has 1 heterocycles. The highest BCUT2D eigenvalue weighted by atomic mass is 32.1. The highest BCUT2D eigenvalue weighted by Crippen LogP contribution is 2.31. The standard InChI is InChI=1S/C16H16N2O3S/c1-21-16(20)18-12-6-3-5-11(9-12)17-15(19)14-8-10-4-2-7-13(10)22-14/h3,5-6,8-9H,2,4,7H2,1H3,(H,17,19)(H,18,20). The number of hydrogen-bond acceptors (Lipinski definition) is 4. The number of carbonyl (C=O) groups is 2. The molecule has 0 spiro atoms. The summed E-state index contributed by atoms with van der Waals surface area (Å²) in [6.45, 7) is 0. The molecule has 1 aliphatic carbocycles. The molecule has 0 bridgehead atoms. The van der Waals surface area contributed by atoms with E-state index >= 15 is 0 Å². The quantitative estimate of drug-likeness (QED) is 0.908. The second-order valence-corrected chi connectivity index (χ2v) is 6.20. The summed E-state index contributed by atoms with van der Waals surface area (Å²) in [6.07, 6.45) is 2.78. The molecule has 6 heteroatoms. The molecule has 1 aromatic carbocycles. The van der Waals surface area contributed by atoms with Gasteiger partial charge >= 0.3 is 6.09 Å². The summed E-state index contributed by atoms with van der Waals surface area (Å²) in [5, 5.41) is 5.42. The maximum absolute atomic E-state index is 12.3. The molecule has 0 radical (unpaired) electrons. The SMILES string of the molecule is COC(=O)Nc1cccc(NC(=O)c2cc3c(s2)CCC3)c1. The average Bonchev–Trinajstić information content (AvgIpc) is 3.08. The summed E-state index contributed by atoms with van der Waals surface area (Å²) >= 11 is 1.57. The lowest BCUT2D eigenvalue weighted by molar-refractivity contribution is 0.103. The number of methoxy groups -OCH3 is 1. The van der Waals surface area contributed by atoms with Gasteiger partial charge in [0.05, 0.1) is 12.0 Å². The molecular weight excluding hydrogens is 300 g/mol. The fourth-order valence-electron chi connectivity index (χ4n) is 2.48. The third-order valence-electron chi connectivity index (χ3n) is 3.52. The predicted octanol–water partition coefficient (Wildman–Crippen LogP) is 3.67. The molecule has 5 nitrogen and oxygen atoms in total. The molecule has 0 unspecified atom stereocenters. The Morgan fingerprint density at radius 3 is 2.64 bits per heavy atom. The number of thiophene rings is 1. The summed E-state index contributed by atoms with van der Waals surface area (Å²) < 4.78 is 4.54. The van der Waals surface area contributed by atoms with Crippen LogP contribution in [0, 0.1) is 0 Å². The highest BCUT2D eigenvalue weighted by Gasteiger charge is 2.18. The summed E-state index contributed by atoms with van der Waals surface area (Å²) in [5.74, 6) is -0.116. The van der Waals surface area contributed by atoms with Gasteiger partial charge in [-0.15, -0.1) is 11.3 Å². The molecule has 0 saturated carbocycles. The summed E-state index contributed by atoms with van der Waals surface area (Å²) in [5.41, 5.74) is 2.50. The molecule has 0 atom stereocenters. The van der Waals surface area contributed by atoms with Crippen LogP contribution in [0.1, 0.15) is 26.5 Å². The van der Waals surface area contributed by atoms with Crippen molar-refractivity contribution in [2.45, 2.75) is 19.3 Å². The van der Waals surface area contributed by atoms with Gasteiger partial charge in [-0.3, -0.25) is 10.1 Å². The van der Waals surface area contributed by atoms with Gasteiger partial charge in [0.1, 0.15) is 0 Å². The Morgan fingerprint density at radius 2 is 1.91 bits per heavy atom. The van der Waals surface area contributed by atoms with E-state index in [4.69, 9.17) is 0 Å². The number of benzene rings is 1. The molecule has 0 fully saturated rings.